The van der Waals surface area contributed by atoms with Crippen molar-refractivity contribution in [1.29, 1.82) is 0 Å². The number of ether oxygens (including phenoxy) is 1. The first kappa shape index (κ1) is 24.2. The van der Waals surface area contributed by atoms with Gasteiger partial charge in [-0.3, -0.25) is 20.4 Å². The minimum atomic E-state index is -0.602. The minimum Gasteiger partial charge on any atom is -0.492 e. The molecule has 0 unspecified atom stereocenters. The molecule has 0 aliphatic heterocycles. The summed E-state index contributed by atoms with van der Waals surface area (Å²) >= 11 is 11.8. The highest BCUT2D eigenvalue weighted by atomic mass is 35.5. The van der Waals surface area contributed by atoms with Crippen LogP contribution in [0.1, 0.15) is 18.4 Å². The predicted octanol–water partition coefficient (Wildman–Crippen LogP) is 2.94. The quantitative estimate of drug-likeness (QED) is 0.333. The van der Waals surface area contributed by atoms with Crippen molar-refractivity contribution in [2.24, 2.45) is 0 Å². The van der Waals surface area contributed by atoms with Gasteiger partial charge in [0.25, 0.3) is 5.91 Å². The zero-order valence-corrected chi connectivity index (χ0v) is 17.9. The molecule has 0 bridgehead atoms. The number of amides is 4. The summed E-state index contributed by atoms with van der Waals surface area (Å²) in [4.78, 5) is 35.1. The molecular formula is C20H21Cl2FN4O4. The van der Waals surface area contributed by atoms with Crippen molar-refractivity contribution in [3.8, 4) is 5.75 Å². The van der Waals surface area contributed by atoms with Crippen molar-refractivity contribution in [3.05, 3.63) is 63.9 Å². The Morgan fingerprint density at radius 3 is 2.35 bits per heavy atom. The van der Waals surface area contributed by atoms with Crippen molar-refractivity contribution in [2.45, 2.75) is 19.4 Å². The summed E-state index contributed by atoms with van der Waals surface area (Å²) in [6, 6.07) is 9.88. The standard InChI is InChI=1S/C20H21Cl2FN4O4/c21-14-5-8-17(16(22)10-14)31-9-1-2-18(28)26-27-19(29)12-25-20(30)24-11-13-3-6-15(23)7-4-13/h3-8,10H,1-2,9,11-12H2,(H,26,28)(H,27,29)(H2,24,25,30). The Kier molecular flexibility index (Phi) is 9.86. The maximum atomic E-state index is 12.8. The number of halogens is 3. The zero-order chi connectivity index (χ0) is 22.6. The van der Waals surface area contributed by atoms with Crippen LogP contribution in [0.15, 0.2) is 42.5 Å². The van der Waals surface area contributed by atoms with Crippen molar-refractivity contribution in [1.82, 2.24) is 21.5 Å². The summed E-state index contributed by atoms with van der Waals surface area (Å²) in [5, 5.41) is 5.73. The Hall–Kier alpha value is -3.04. The highest BCUT2D eigenvalue weighted by Crippen LogP contribution is 2.27. The molecule has 0 heterocycles. The van der Waals surface area contributed by atoms with E-state index in [0.29, 0.717) is 27.8 Å². The fourth-order valence-corrected chi connectivity index (χ4v) is 2.72. The van der Waals surface area contributed by atoms with Gasteiger partial charge in [-0.25, -0.2) is 9.18 Å². The van der Waals surface area contributed by atoms with Crippen LogP contribution in [-0.2, 0) is 16.1 Å². The molecule has 0 aliphatic rings. The van der Waals surface area contributed by atoms with E-state index in [1.165, 1.54) is 24.3 Å². The maximum absolute atomic E-state index is 12.8. The average Bonchev–Trinajstić information content (AvgIpc) is 2.74. The van der Waals surface area contributed by atoms with Gasteiger partial charge in [0, 0.05) is 18.0 Å². The molecule has 0 aliphatic carbocycles. The number of nitrogens with one attached hydrogen (secondary N) is 4. The van der Waals surface area contributed by atoms with Crippen molar-refractivity contribution < 1.29 is 23.5 Å². The van der Waals surface area contributed by atoms with E-state index in [0.717, 1.165) is 0 Å². The van der Waals surface area contributed by atoms with Crippen LogP contribution >= 0.6 is 23.2 Å². The fourth-order valence-electron chi connectivity index (χ4n) is 2.26. The van der Waals surface area contributed by atoms with E-state index >= 15 is 0 Å². The number of carbonyl (C=O) groups is 3. The third kappa shape index (κ3) is 9.54. The normalized spacial score (nSPS) is 10.2. The molecule has 4 amide bonds. The van der Waals surface area contributed by atoms with Gasteiger partial charge >= 0.3 is 6.03 Å². The molecule has 0 saturated carbocycles. The van der Waals surface area contributed by atoms with Crippen molar-refractivity contribution >= 4 is 41.0 Å². The highest BCUT2D eigenvalue weighted by Gasteiger charge is 2.08. The molecule has 166 valence electrons. The van der Waals surface area contributed by atoms with Gasteiger partial charge in [-0.15, -0.1) is 0 Å². The van der Waals surface area contributed by atoms with Gasteiger partial charge in [0.1, 0.15) is 18.1 Å². The van der Waals surface area contributed by atoms with E-state index in [-0.39, 0.29) is 31.9 Å². The molecule has 4 N–H and O–H groups in total. The van der Waals surface area contributed by atoms with Gasteiger partial charge in [-0.05, 0) is 42.3 Å². The van der Waals surface area contributed by atoms with Gasteiger partial charge in [0.05, 0.1) is 11.6 Å². The van der Waals surface area contributed by atoms with E-state index in [9.17, 15) is 18.8 Å². The molecule has 0 atom stereocenters. The lowest BCUT2D eigenvalue weighted by molar-refractivity contribution is -0.128. The Labute approximate surface area is 188 Å². The molecule has 8 nitrogen and oxygen atoms in total. The van der Waals surface area contributed by atoms with Crippen LogP contribution in [0, 0.1) is 5.82 Å². The topological polar surface area (TPSA) is 109 Å². The Bertz CT molecular complexity index is 913. The first-order chi connectivity index (χ1) is 14.8. The van der Waals surface area contributed by atoms with E-state index in [1.54, 1.807) is 18.2 Å². The molecule has 0 aromatic heterocycles. The first-order valence-electron chi connectivity index (χ1n) is 9.25. The van der Waals surface area contributed by atoms with Crippen LogP contribution < -0.4 is 26.2 Å². The largest absolute Gasteiger partial charge is 0.492 e. The maximum Gasteiger partial charge on any atom is 0.315 e. The molecule has 0 fully saturated rings. The predicted molar refractivity (Wildman–Crippen MR) is 114 cm³/mol. The second-order valence-electron chi connectivity index (χ2n) is 6.29. The van der Waals surface area contributed by atoms with Crippen LogP contribution in [0.2, 0.25) is 10.0 Å². The van der Waals surface area contributed by atoms with Gasteiger partial charge < -0.3 is 15.4 Å². The second-order valence-corrected chi connectivity index (χ2v) is 7.13. The Balaban J connectivity index is 1.54. The summed E-state index contributed by atoms with van der Waals surface area (Å²) in [7, 11) is 0. The third-order valence-electron chi connectivity index (χ3n) is 3.82. The van der Waals surface area contributed by atoms with E-state index in [2.05, 4.69) is 21.5 Å². The SMILES string of the molecule is O=C(CCCOc1ccc(Cl)cc1Cl)NNC(=O)CNC(=O)NCc1ccc(F)cc1. The molecule has 2 rings (SSSR count). The molecule has 11 heteroatoms. The Morgan fingerprint density at radius 2 is 1.65 bits per heavy atom. The monoisotopic (exact) mass is 470 g/mol. The van der Waals surface area contributed by atoms with Gasteiger partial charge in [-0.1, -0.05) is 35.3 Å². The van der Waals surface area contributed by atoms with Crippen LogP contribution in [0.5, 0.6) is 5.75 Å². The molecule has 0 saturated heterocycles. The fraction of sp³-hybridized carbons (Fsp3) is 0.250. The number of urea groups is 1. The lowest BCUT2D eigenvalue weighted by Gasteiger charge is -2.10. The van der Waals surface area contributed by atoms with Gasteiger partial charge in [0.2, 0.25) is 5.91 Å². The number of carbonyl (C=O) groups excluding carboxylic acids is 3. The summed E-state index contributed by atoms with van der Waals surface area (Å²) < 4.78 is 18.3. The van der Waals surface area contributed by atoms with Crippen LogP contribution in [0.25, 0.3) is 0 Å². The molecule has 2 aromatic rings. The molecule has 0 spiro atoms. The van der Waals surface area contributed by atoms with Crippen LogP contribution in [0.4, 0.5) is 9.18 Å². The van der Waals surface area contributed by atoms with E-state index < -0.39 is 17.8 Å². The second kappa shape index (κ2) is 12.6. The first-order valence-corrected chi connectivity index (χ1v) is 10.0. The average molecular weight is 471 g/mol. The van der Waals surface area contributed by atoms with Crippen LogP contribution in [0.3, 0.4) is 0 Å². The lowest BCUT2D eigenvalue weighted by atomic mass is 10.2. The summed E-state index contributed by atoms with van der Waals surface area (Å²) in [6.07, 6.45) is 0.502. The Morgan fingerprint density at radius 1 is 0.935 bits per heavy atom. The lowest BCUT2D eigenvalue weighted by Crippen LogP contribution is -2.47. The van der Waals surface area contributed by atoms with Gasteiger partial charge in [-0.2, -0.15) is 0 Å². The minimum absolute atomic E-state index is 0.108. The number of hydrogen-bond acceptors (Lipinski definition) is 4. The van der Waals surface area contributed by atoms with Crippen molar-refractivity contribution in [3.63, 3.8) is 0 Å². The summed E-state index contributed by atoms with van der Waals surface area (Å²) in [6.45, 7) is 0.0833. The number of hydrazine groups is 1. The van der Waals surface area contributed by atoms with E-state index in [4.69, 9.17) is 27.9 Å². The van der Waals surface area contributed by atoms with Crippen LogP contribution in [-0.4, -0.2) is 31.0 Å². The third-order valence-corrected chi connectivity index (χ3v) is 4.35. The number of benzene rings is 2. The molecular weight excluding hydrogens is 450 g/mol. The number of rotatable bonds is 9. The van der Waals surface area contributed by atoms with E-state index in [1.807, 2.05) is 0 Å². The van der Waals surface area contributed by atoms with Crippen molar-refractivity contribution in [2.75, 3.05) is 13.2 Å². The zero-order valence-electron chi connectivity index (χ0n) is 16.3. The molecule has 0 radical (unpaired) electrons. The smallest absolute Gasteiger partial charge is 0.315 e. The summed E-state index contributed by atoms with van der Waals surface area (Å²) in [5.74, 6) is -0.927. The highest BCUT2D eigenvalue weighted by molar-refractivity contribution is 6.35. The van der Waals surface area contributed by atoms with Gasteiger partial charge in [0.15, 0.2) is 0 Å². The molecule has 2 aromatic carbocycles. The molecule has 31 heavy (non-hydrogen) atoms. The number of hydrogen-bond donors (Lipinski definition) is 4. The summed E-state index contributed by atoms with van der Waals surface area (Å²) in [5.41, 5.74) is 5.14.